The summed E-state index contributed by atoms with van der Waals surface area (Å²) in [5.41, 5.74) is 0. The molecule has 1 heterocycles. The van der Waals surface area contributed by atoms with E-state index in [0.29, 0.717) is 6.61 Å². The van der Waals surface area contributed by atoms with Gasteiger partial charge in [-0.1, -0.05) is 12.8 Å². The molecule has 16 heavy (non-hydrogen) atoms. The second-order valence-corrected chi connectivity index (χ2v) is 4.71. The van der Waals surface area contributed by atoms with Crippen LogP contribution in [-0.2, 0) is 14.3 Å². The molecule has 0 spiro atoms. The molecule has 0 aromatic heterocycles. The average molecular weight is 227 g/mol. The van der Waals surface area contributed by atoms with Gasteiger partial charge < -0.3 is 14.8 Å². The molecule has 0 bridgehead atoms. The van der Waals surface area contributed by atoms with Crippen molar-refractivity contribution in [2.45, 2.75) is 38.2 Å². The predicted molar refractivity (Wildman–Crippen MR) is 60.1 cm³/mol. The van der Waals surface area contributed by atoms with E-state index in [1.54, 1.807) is 0 Å². The zero-order valence-electron chi connectivity index (χ0n) is 9.74. The fourth-order valence-corrected chi connectivity index (χ4v) is 1.94. The van der Waals surface area contributed by atoms with Gasteiger partial charge in [0.2, 0.25) is 0 Å². The molecule has 4 heteroatoms. The van der Waals surface area contributed by atoms with E-state index in [4.69, 9.17) is 9.47 Å². The maximum absolute atomic E-state index is 11.3. The Kier molecular flexibility index (Phi) is 4.60. The Morgan fingerprint density at radius 3 is 2.62 bits per heavy atom. The molecule has 0 unspecified atom stereocenters. The normalized spacial score (nSPS) is 22.0. The molecule has 1 aliphatic carbocycles. The minimum Gasteiger partial charge on any atom is -0.464 e. The average Bonchev–Trinajstić information content (AvgIpc) is 3.12. The molecule has 0 amide bonds. The molecule has 2 fully saturated rings. The van der Waals surface area contributed by atoms with Crippen LogP contribution in [0.15, 0.2) is 0 Å². The molecule has 2 aliphatic rings. The molecule has 1 saturated carbocycles. The van der Waals surface area contributed by atoms with E-state index in [1.807, 2.05) is 0 Å². The summed E-state index contributed by atoms with van der Waals surface area (Å²) in [6.07, 6.45) is 5.87. The van der Waals surface area contributed by atoms with Gasteiger partial charge in [0, 0.05) is 0 Å². The van der Waals surface area contributed by atoms with Gasteiger partial charge in [-0.05, 0) is 38.3 Å². The van der Waals surface area contributed by atoms with Crippen molar-refractivity contribution < 1.29 is 14.3 Å². The first kappa shape index (κ1) is 11.9. The van der Waals surface area contributed by atoms with E-state index < -0.39 is 0 Å². The lowest BCUT2D eigenvalue weighted by Crippen LogP contribution is -2.33. The fraction of sp³-hybridized carbons (Fsp3) is 0.917. The summed E-state index contributed by atoms with van der Waals surface area (Å²) in [7, 11) is 0. The molecule has 1 aliphatic heterocycles. The highest BCUT2D eigenvalue weighted by atomic mass is 16.6. The highest BCUT2D eigenvalue weighted by molar-refractivity contribution is 5.70. The Bertz CT molecular complexity index is 222. The van der Waals surface area contributed by atoms with E-state index in [9.17, 15) is 4.79 Å². The number of hydrogen-bond acceptors (Lipinski definition) is 4. The van der Waals surface area contributed by atoms with E-state index in [-0.39, 0.29) is 18.7 Å². The molecule has 2 rings (SSSR count). The second-order valence-electron chi connectivity index (χ2n) is 4.71. The summed E-state index contributed by atoms with van der Waals surface area (Å²) in [5, 5.41) is 3.26. The zero-order chi connectivity index (χ0) is 11.2. The Labute approximate surface area is 96.7 Å². The summed E-state index contributed by atoms with van der Waals surface area (Å²) >= 11 is 0. The minimum absolute atomic E-state index is 0.120. The number of hydrogen-bond donors (Lipinski definition) is 1. The zero-order valence-corrected chi connectivity index (χ0v) is 9.74. The van der Waals surface area contributed by atoms with Crippen LogP contribution in [0, 0.1) is 5.92 Å². The number of carbonyl (C=O) groups is 1. The van der Waals surface area contributed by atoms with Crippen molar-refractivity contribution >= 4 is 5.97 Å². The molecule has 0 aromatic rings. The Morgan fingerprint density at radius 1 is 1.19 bits per heavy atom. The highest BCUT2D eigenvalue weighted by Crippen LogP contribution is 2.32. The van der Waals surface area contributed by atoms with Crippen LogP contribution in [0.3, 0.4) is 0 Å². The Balaban J connectivity index is 1.48. The van der Waals surface area contributed by atoms with Crippen LogP contribution in [0.2, 0.25) is 0 Å². The van der Waals surface area contributed by atoms with Crippen molar-refractivity contribution in [3.8, 4) is 0 Å². The summed E-state index contributed by atoms with van der Waals surface area (Å²) in [6, 6.07) is 0. The van der Waals surface area contributed by atoms with E-state index in [1.165, 1.54) is 12.8 Å². The first-order valence-corrected chi connectivity index (χ1v) is 6.32. The van der Waals surface area contributed by atoms with Gasteiger partial charge in [0.15, 0.2) is 0 Å². The number of piperidine rings is 1. The van der Waals surface area contributed by atoms with Crippen LogP contribution in [0.25, 0.3) is 0 Å². The van der Waals surface area contributed by atoms with Gasteiger partial charge in [0.05, 0.1) is 12.7 Å². The van der Waals surface area contributed by atoms with E-state index in [2.05, 4.69) is 5.32 Å². The molecule has 0 aromatic carbocycles. The van der Waals surface area contributed by atoms with Gasteiger partial charge in [-0.2, -0.15) is 0 Å². The molecule has 0 radical (unpaired) electrons. The number of rotatable bonds is 6. The Morgan fingerprint density at radius 2 is 1.94 bits per heavy atom. The first-order chi connectivity index (χ1) is 7.84. The van der Waals surface area contributed by atoms with Crippen molar-refractivity contribution in [2.24, 2.45) is 5.92 Å². The largest absolute Gasteiger partial charge is 0.464 e. The van der Waals surface area contributed by atoms with Gasteiger partial charge in [-0.3, -0.25) is 0 Å². The molecule has 92 valence electrons. The van der Waals surface area contributed by atoms with E-state index in [0.717, 1.165) is 38.3 Å². The first-order valence-electron chi connectivity index (χ1n) is 6.32. The Hall–Kier alpha value is -0.610. The predicted octanol–water partition coefficient (Wildman–Crippen LogP) is 1.10. The minimum atomic E-state index is -0.209. The molecule has 1 saturated heterocycles. The number of nitrogens with one attached hydrogen (secondary N) is 1. The molecular weight excluding hydrogens is 206 g/mol. The third-order valence-electron chi connectivity index (χ3n) is 3.21. The lowest BCUT2D eigenvalue weighted by molar-refractivity contribution is -0.151. The molecule has 1 N–H and O–H groups in total. The monoisotopic (exact) mass is 227 g/mol. The van der Waals surface area contributed by atoms with Crippen LogP contribution < -0.4 is 5.32 Å². The van der Waals surface area contributed by atoms with Crippen molar-refractivity contribution in [2.75, 3.05) is 26.3 Å². The standard InChI is InChI=1S/C12H21NO3/c14-12(15-8-5-10-1-2-10)9-16-11-3-6-13-7-4-11/h10-11,13H,1-9H2. The van der Waals surface area contributed by atoms with Crippen LogP contribution in [0.4, 0.5) is 0 Å². The van der Waals surface area contributed by atoms with Crippen LogP contribution in [-0.4, -0.2) is 38.4 Å². The summed E-state index contributed by atoms with van der Waals surface area (Å²) in [6.45, 7) is 2.66. The maximum atomic E-state index is 11.3. The fourth-order valence-electron chi connectivity index (χ4n) is 1.94. The number of carbonyl (C=O) groups excluding carboxylic acids is 1. The smallest absolute Gasteiger partial charge is 0.332 e. The van der Waals surface area contributed by atoms with Gasteiger partial charge >= 0.3 is 5.97 Å². The van der Waals surface area contributed by atoms with Crippen molar-refractivity contribution in [3.05, 3.63) is 0 Å². The topological polar surface area (TPSA) is 47.6 Å². The maximum Gasteiger partial charge on any atom is 0.332 e. The second kappa shape index (κ2) is 6.21. The van der Waals surface area contributed by atoms with Crippen molar-refractivity contribution in [1.29, 1.82) is 0 Å². The highest BCUT2D eigenvalue weighted by Gasteiger charge is 2.21. The number of esters is 1. The molecular formula is C12H21NO3. The summed E-state index contributed by atoms with van der Waals surface area (Å²) in [5.74, 6) is 0.609. The van der Waals surface area contributed by atoms with E-state index >= 15 is 0 Å². The van der Waals surface area contributed by atoms with Crippen molar-refractivity contribution in [3.63, 3.8) is 0 Å². The number of ether oxygens (including phenoxy) is 2. The van der Waals surface area contributed by atoms with Gasteiger partial charge in [-0.15, -0.1) is 0 Å². The van der Waals surface area contributed by atoms with Gasteiger partial charge in [-0.25, -0.2) is 4.79 Å². The SMILES string of the molecule is O=C(COC1CCNCC1)OCCC1CC1. The third-order valence-corrected chi connectivity index (χ3v) is 3.21. The lowest BCUT2D eigenvalue weighted by Gasteiger charge is -2.22. The van der Waals surface area contributed by atoms with Crippen LogP contribution in [0.1, 0.15) is 32.1 Å². The van der Waals surface area contributed by atoms with Crippen LogP contribution >= 0.6 is 0 Å². The molecule has 0 atom stereocenters. The van der Waals surface area contributed by atoms with Gasteiger partial charge in [0.25, 0.3) is 0 Å². The van der Waals surface area contributed by atoms with Crippen molar-refractivity contribution in [1.82, 2.24) is 5.32 Å². The lowest BCUT2D eigenvalue weighted by atomic mass is 10.1. The quantitative estimate of drug-likeness (QED) is 0.690. The third kappa shape index (κ3) is 4.49. The molecule has 4 nitrogen and oxygen atoms in total. The summed E-state index contributed by atoms with van der Waals surface area (Å²) < 4.78 is 10.6. The van der Waals surface area contributed by atoms with Crippen LogP contribution in [0.5, 0.6) is 0 Å². The van der Waals surface area contributed by atoms with Gasteiger partial charge in [0.1, 0.15) is 6.61 Å². The summed E-state index contributed by atoms with van der Waals surface area (Å²) in [4.78, 5) is 11.3.